The minimum absolute atomic E-state index is 0. The minimum atomic E-state index is -0.179. The van der Waals surface area contributed by atoms with Crippen molar-refractivity contribution in [1.29, 1.82) is 0 Å². The number of benzene rings is 4. The third-order valence-electron chi connectivity index (χ3n) is 12.5. The molecule has 2 aromatic heterocycles. The number of anilines is 2. The summed E-state index contributed by atoms with van der Waals surface area (Å²) in [6.45, 7) is 9.38. The Morgan fingerprint density at radius 1 is 0.833 bits per heavy atom. The van der Waals surface area contributed by atoms with Crippen LogP contribution < -0.4 is 14.4 Å². The summed E-state index contributed by atoms with van der Waals surface area (Å²) < 4.78 is 22.0. The number of fused-ring (bicyclic) bond motifs is 4. The fourth-order valence-corrected chi connectivity index (χ4v) is 9.47. The SMILES string of the molecule is CC(C)n1ccc2ccc(N(C(=O)c3cc(-c4cc5c(cc4C(=O)N4Cc6ccccc6C[C@H]4CN4CCOCC4)OCO5)n4c3CCCC4)c3ccc(O)cc3)cc21.Cl. The first-order valence-electron chi connectivity index (χ1n) is 20.9. The quantitative estimate of drug-likeness (QED) is 0.164. The van der Waals surface area contributed by atoms with E-state index in [0.717, 1.165) is 84.4 Å². The highest BCUT2D eigenvalue weighted by atomic mass is 35.5. The number of hydrogen-bond acceptors (Lipinski definition) is 7. The lowest BCUT2D eigenvalue weighted by molar-refractivity contribution is 0.0193. The highest BCUT2D eigenvalue weighted by Gasteiger charge is 2.36. The van der Waals surface area contributed by atoms with Crippen LogP contribution in [0.2, 0.25) is 0 Å². The van der Waals surface area contributed by atoms with Crippen LogP contribution in [0.1, 0.15) is 70.3 Å². The second-order valence-corrected chi connectivity index (χ2v) is 16.4. The first-order chi connectivity index (χ1) is 28.8. The lowest BCUT2D eigenvalue weighted by Crippen LogP contribution is -2.52. The molecule has 4 aliphatic heterocycles. The molecule has 1 N–H and O–H groups in total. The lowest BCUT2D eigenvalue weighted by atomic mass is 9.92. The summed E-state index contributed by atoms with van der Waals surface area (Å²) in [5.41, 5.74) is 8.41. The Bertz CT molecular complexity index is 2570. The average molecular weight is 828 g/mol. The van der Waals surface area contributed by atoms with Crippen LogP contribution in [-0.4, -0.2) is 81.5 Å². The van der Waals surface area contributed by atoms with Gasteiger partial charge in [0, 0.05) is 73.6 Å². The smallest absolute Gasteiger partial charge is 0.264 e. The van der Waals surface area contributed by atoms with Crippen LogP contribution in [-0.2, 0) is 30.7 Å². The number of phenolic OH excluding ortho intramolecular Hbond substituents is 1. The van der Waals surface area contributed by atoms with Gasteiger partial charge in [0.25, 0.3) is 11.8 Å². The van der Waals surface area contributed by atoms with Crippen molar-refractivity contribution in [3.05, 3.63) is 125 Å². The first kappa shape index (κ1) is 39.7. The van der Waals surface area contributed by atoms with E-state index in [1.165, 1.54) is 5.56 Å². The van der Waals surface area contributed by atoms with E-state index < -0.39 is 0 Å². The molecule has 0 aliphatic carbocycles. The van der Waals surface area contributed by atoms with Crippen molar-refractivity contribution >= 4 is 46.5 Å². The molecule has 1 atom stereocenters. The van der Waals surface area contributed by atoms with Crippen molar-refractivity contribution < 1.29 is 28.9 Å². The van der Waals surface area contributed by atoms with Crippen LogP contribution in [0.4, 0.5) is 11.4 Å². The average Bonchev–Trinajstić information content (AvgIpc) is 4.01. The Kier molecular flexibility index (Phi) is 10.8. The van der Waals surface area contributed by atoms with E-state index in [-0.39, 0.29) is 48.8 Å². The molecule has 0 unspecified atom stereocenters. The van der Waals surface area contributed by atoms with Crippen LogP contribution in [0.25, 0.3) is 22.2 Å². The van der Waals surface area contributed by atoms with Crippen LogP contribution >= 0.6 is 12.4 Å². The zero-order valence-corrected chi connectivity index (χ0v) is 34.8. The van der Waals surface area contributed by atoms with Crippen LogP contribution in [0.15, 0.2) is 97.2 Å². The minimum Gasteiger partial charge on any atom is -0.508 e. The van der Waals surface area contributed by atoms with Gasteiger partial charge in [-0.2, -0.15) is 0 Å². The second-order valence-electron chi connectivity index (χ2n) is 16.4. The number of phenols is 1. The number of halogens is 1. The van der Waals surface area contributed by atoms with Crippen LogP contribution in [0, 0.1) is 0 Å². The zero-order chi connectivity index (χ0) is 40.2. The second kappa shape index (κ2) is 16.4. The van der Waals surface area contributed by atoms with E-state index >= 15 is 9.59 Å². The number of amides is 2. The molecule has 0 saturated carbocycles. The van der Waals surface area contributed by atoms with E-state index in [4.69, 9.17) is 14.2 Å². The monoisotopic (exact) mass is 827 g/mol. The van der Waals surface area contributed by atoms with Crippen LogP contribution in [0.5, 0.6) is 17.2 Å². The molecule has 2 amide bonds. The highest BCUT2D eigenvalue weighted by molar-refractivity contribution is 6.13. The summed E-state index contributed by atoms with van der Waals surface area (Å²) in [6, 6.07) is 29.4. The fraction of sp³-hybridized carbons (Fsp3) is 0.333. The Hall–Kier alpha value is -5.75. The highest BCUT2D eigenvalue weighted by Crippen LogP contribution is 2.43. The molecule has 11 nitrogen and oxygen atoms in total. The topological polar surface area (TPSA) is 102 Å². The molecule has 1 saturated heterocycles. The van der Waals surface area contributed by atoms with Crippen molar-refractivity contribution in [2.45, 2.75) is 64.7 Å². The fourth-order valence-electron chi connectivity index (χ4n) is 9.47. The number of aromatic nitrogens is 2. The normalized spacial score (nSPS) is 17.3. The van der Waals surface area contributed by atoms with Crippen molar-refractivity contribution in [2.24, 2.45) is 0 Å². The summed E-state index contributed by atoms with van der Waals surface area (Å²) in [6.07, 6.45) is 5.46. The third kappa shape index (κ3) is 7.18. The third-order valence-corrected chi connectivity index (χ3v) is 12.5. The number of ether oxygens (including phenoxy) is 3. The van der Waals surface area contributed by atoms with E-state index in [1.807, 2.05) is 35.2 Å². The van der Waals surface area contributed by atoms with Gasteiger partial charge in [0.2, 0.25) is 6.79 Å². The number of morpholine rings is 1. The van der Waals surface area contributed by atoms with Crippen molar-refractivity contribution in [3.8, 4) is 28.5 Å². The van der Waals surface area contributed by atoms with E-state index in [9.17, 15) is 5.11 Å². The predicted octanol–water partition coefficient (Wildman–Crippen LogP) is 8.76. The summed E-state index contributed by atoms with van der Waals surface area (Å²) in [7, 11) is 0. The molecule has 0 spiro atoms. The number of carbonyl (C=O) groups is 2. The molecule has 0 bridgehead atoms. The van der Waals surface area contributed by atoms with Gasteiger partial charge in [-0.15, -0.1) is 12.4 Å². The number of rotatable bonds is 8. The van der Waals surface area contributed by atoms with Crippen molar-refractivity contribution in [1.82, 2.24) is 18.9 Å². The molecule has 1 fully saturated rings. The molecule has 0 radical (unpaired) electrons. The van der Waals surface area contributed by atoms with Crippen molar-refractivity contribution in [2.75, 3.05) is 44.5 Å². The summed E-state index contributed by atoms with van der Waals surface area (Å²) in [5.74, 6) is 0.995. The number of aromatic hydroxyl groups is 1. The van der Waals surface area contributed by atoms with Gasteiger partial charge >= 0.3 is 0 Å². The Balaban J connectivity index is 0.00000462. The Morgan fingerprint density at radius 2 is 1.58 bits per heavy atom. The molecule has 6 aromatic rings. The summed E-state index contributed by atoms with van der Waals surface area (Å²) in [4.78, 5) is 36.9. The maximum absolute atomic E-state index is 15.4. The molecule has 4 aromatic carbocycles. The van der Waals surface area contributed by atoms with Gasteiger partial charge in [-0.05, 0) is 117 Å². The molecule has 6 heterocycles. The largest absolute Gasteiger partial charge is 0.508 e. The molecule has 4 aliphatic rings. The van der Waals surface area contributed by atoms with Gasteiger partial charge in [0.1, 0.15) is 5.75 Å². The van der Waals surface area contributed by atoms with Gasteiger partial charge in [0.15, 0.2) is 11.5 Å². The van der Waals surface area contributed by atoms with E-state index in [1.54, 1.807) is 29.2 Å². The maximum Gasteiger partial charge on any atom is 0.264 e. The molecule has 12 heteroatoms. The lowest BCUT2D eigenvalue weighted by Gasteiger charge is -2.40. The molecule has 10 rings (SSSR count). The number of carbonyl (C=O) groups excluding carboxylic acids is 2. The number of hydrogen-bond donors (Lipinski definition) is 1. The predicted molar refractivity (Wildman–Crippen MR) is 234 cm³/mol. The van der Waals surface area contributed by atoms with Crippen molar-refractivity contribution in [3.63, 3.8) is 0 Å². The summed E-state index contributed by atoms with van der Waals surface area (Å²) in [5, 5.41) is 11.4. The first-order valence-corrected chi connectivity index (χ1v) is 20.9. The van der Waals surface area contributed by atoms with E-state index in [0.29, 0.717) is 54.6 Å². The van der Waals surface area contributed by atoms with Crippen LogP contribution in [0.3, 0.4) is 0 Å². The standard InChI is InChI=1S/C48H49N5O6.ClH/c1-31(2)50-18-16-32-10-11-36(24-43(32)50)53(35-12-14-38(54)15-13-35)48(56)41-25-44(51-17-6-5-9-42(41)51)39-26-45-46(59-30-58-45)27-40(39)47(55)52-28-34-8-4-3-7-33(34)23-37(52)29-49-19-21-57-22-20-49;/h3-4,7-8,10-16,18,24-27,31,37,54H,5-6,9,17,19-23,28-30H2,1-2H3;1H/t37-;/m0./s1. The Labute approximate surface area is 356 Å². The zero-order valence-electron chi connectivity index (χ0n) is 34.0. The van der Waals surface area contributed by atoms with Gasteiger partial charge in [-0.3, -0.25) is 19.4 Å². The van der Waals surface area contributed by atoms with Gasteiger partial charge in [-0.1, -0.05) is 30.3 Å². The van der Waals surface area contributed by atoms with Gasteiger partial charge in [0.05, 0.1) is 35.5 Å². The number of nitrogens with zero attached hydrogens (tertiary/aromatic N) is 5. The van der Waals surface area contributed by atoms with E-state index in [2.05, 4.69) is 70.5 Å². The Morgan fingerprint density at radius 3 is 2.37 bits per heavy atom. The summed E-state index contributed by atoms with van der Waals surface area (Å²) >= 11 is 0. The van der Waals surface area contributed by atoms with Gasteiger partial charge in [-0.25, -0.2) is 0 Å². The molecule has 60 heavy (non-hydrogen) atoms. The maximum atomic E-state index is 15.4. The molecular weight excluding hydrogens is 778 g/mol. The van der Waals surface area contributed by atoms with Gasteiger partial charge < -0.3 is 33.4 Å². The molecule has 310 valence electrons. The molecular formula is C48H50ClN5O6.